The van der Waals surface area contributed by atoms with Crippen molar-refractivity contribution in [3.8, 4) is 0 Å². The summed E-state index contributed by atoms with van der Waals surface area (Å²) in [6.45, 7) is 5.60. The van der Waals surface area contributed by atoms with Crippen molar-refractivity contribution in [1.82, 2.24) is 0 Å². The third-order valence-corrected chi connectivity index (χ3v) is 1.95. The van der Waals surface area contributed by atoms with Gasteiger partial charge in [-0.2, -0.15) is 0 Å². The fourth-order valence-corrected chi connectivity index (χ4v) is 1.02. The summed E-state index contributed by atoms with van der Waals surface area (Å²) in [7, 11) is 0. The van der Waals surface area contributed by atoms with Gasteiger partial charge in [0.25, 0.3) is 0 Å². The van der Waals surface area contributed by atoms with Crippen LogP contribution >= 0.6 is 0 Å². The summed E-state index contributed by atoms with van der Waals surface area (Å²) < 4.78 is 11.0. The second-order valence-corrected chi connectivity index (χ2v) is 3.26. The van der Waals surface area contributed by atoms with Crippen LogP contribution in [0.5, 0.6) is 0 Å². The van der Waals surface area contributed by atoms with Gasteiger partial charge >= 0.3 is 0 Å². The van der Waals surface area contributed by atoms with Crippen LogP contribution in [0.25, 0.3) is 0 Å². The lowest BCUT2D eigenvalue weighted by molar-refractivity contribution is -0.0184. The Kier molecular flexibility index (Phi) is 10.8. The highest BCUT2D eigenvalue weighted by atomic mass is 16.5. The molecule has 0 aromatic heterocycles. The molecule has 0 aromatic carbocycles. The van der Waals surface area contributed by atoms with Gasteiger partial charge in [0, 0.05) is 13.2 Å². The molecule has 0 radical (unpaired) electrons. The van der Waals surface area contributed by atoms with Crippen molar-refractivity contribution in [2.75, 3.05) is 32.9 Å². The summed E-state index contributed by atoms with van der Waals surface area (Å²) in [6, 6.07) is 0. The first-order chi connectivity index (χ1) is 6.85. The molecule has 4 heteroatoms. The Bertz CT molecular complexity index is 112. The fraction of sp³-hybridized carbons (Fsp3) is 1.00. The maximum atomic E-state index is 5.58. The summed E-state index contributed by atoms with van der Waals surface area (Å²) in [5.74, 6) is 0. The Hall–Kier alpha value is -0.160. The molecule has 0 fully saturated rings. The van der Waals surface area contributed by atoms with Crippen LogP contribution < -0.4 is 11.5 Å². The zero-order valence-corrected chi connectivity index (χ0v) is 9.21. The highest BCUT2D eigenvalue weighted by Gasteiger charge is 2.05. The molecule has 0 aromatic rings. The molecule has 0 saturated carbocycles. The maximum Gasteiger partial charge on any atom is 0.0805 e. The lowest BCUT2D eigenvalue weighted by atomic mass is 10.3. The van der Waals surface area contributed by atoms with Crippen LogP contribution in [0.1, 0.15) is 26.2 Å². The Morgan fingerprint density at radius 2 is 1.71 bits per heavy atom. The van der Waals surface area contributed by atoms with Crippen molar-refractivity contribution < 1.29 is 9.47 Å². The first-order valence-corrected chi connectivity index (χ1v) is 5.44. The molecular formula is C10H24N2O2. The highest BCUT2D eigenvalue weighted by Crippen LogP contribution is 2.00. The standard InChI is InChI=1S/C10H24N2O2/c1-2-10(14-8-4-6-12)9-13-7-3-5-11/h10H,2-9,11-12H2,1H3. The smallest absolute Gasteiger partial charge is 0.0805 e. The molecule has 0 aliphatic rings. The summed E-state index contributed by atoms with van der Waals surface area (Å²) in [4.78, 5) is 0. The van der Waals surface area contributed by atoms with E-state index in [0.29, 0.717) is 19.7 Å². The number of nitrogens with two attached hydrogens (primary N) is 2. The molecule has 1 unspecified atom stereocenters. The van der Waals surface area contributed by atoms with Gasteiger partial charge in [-0.05, 0) is 32.4 Å². The maximum absolute atomic E-state index is 5.58. The van der Waals surface area contributed by atoms with Gasteiger partial charge in [-0.1, -0.05) is 6.92 Å². The van der Waals surface area contributed by atoms with Crippen LogP contribution in [0, 0.1) is 0 Å². The van der Waals surface area contributed by atoms with Gasteiger partial charge in [0.05, 0.1) is 12.7 Å². The normalized spacial score (nSPS) is 13.1. The predicted molar refractivity (Wildman–Crippen MR) is 58.2 cm³/mol. The van der Waals surface area contributed by atoms with Crippen LogP contribution in [0.15, 0.2) is 0 Å². The molecule has 0 heterocycles. The van der Waals surface area contributed by atoms with Gasteiger partial charge in [-0.15, -0.1) is 0 Å². The molecule has 14 heavy (non-hydrogen) atoms. The van der Waals surface area contributed by atoms with E-state index in [-0.39, 0.29) is 6.10 Å². The SMILES string of the molecule is CCC(COCCCN)OCCCN. The first-order valence-electron chi connectivity index (χ1n) is 5.44. The van der Waals surface area contributed by atoms with E-state index in [4.69, 9.17) is 20.9 Å². The summed E-state index contributed by atoms with van der Waals surface area (Å²) >= 11 is 0. The number of hydrogen-bond acceptors (Lipinski definition) is 4. The minimum absolute atomic E-state index is 0.208. The van der Waals surface area contributed by atoms with E-state index in [9.17, 15) is 0 Å². The van der Waals surface area contributed by atoms with Crippen LogP contribution in [0.4, 0.5) is 0 Å². The average Bonchev–Trinajstić information content (AvgIpc) is 2.22. The number of hydrogen-bond donors (Lipinski definition) is 2. The molecule has 0 bridgehead atoms. The van der Waals surface area contributed by atoms with Crippen molar-refractivity contribution in [2.24, 2.45) is 11.5 Å². The largest absolute Gasteiger partial charge is 0.379 e. The molecule has 0 spiro atoms. The van der Waals surface area contributed by atoms with Crippen LogP contribution in [0.3, 0.4) is 0 Å². The van der Waals surface area contributed by atoms with Crippen LogP contribution in [-0.4, -0.2) is 39.0 Å². The molecule has 86 valence electrons. The van der Waals surface area contributed by atoms with E-state index in [1.165, 1.54) is 0 Å². The van der Waals surface area contributed by atoms with E-state index in [1.54, 1.807) is 0 Å². The molecular weight excluding hydrogens is 180 g/mol. The zero-order valence-electron chi connectivity index (χ0n) is 9.21. The Morgan fingerprint density at radius 1 is 1.07 bits per heavy atom. The summed E-state index contributed by atoms with van der Waals surface area (Å²) in [5.41, 5.74) is 10.7. The topological polar surface area (TPSA) is 70.5 Å². The summed E-state index contributed by atoms with van der Waals surface area (Å²) in [5, 5.41) is 0. The van der Waals surface area contributed by atoms with E-state index < -0.39 is 0 Å². The Balaban J connectivity index is 3.28. The van der Waals surface area contributed by atoms with Crippen molar-refractivity contribution in [3.05, 3.63) is 0 Å². The van der Waals surface area contributed by atoms with E-state index in [0.717, 1.165) is 32.5 Å². The van der Waals surface area contributed by atoms with Crippen molar-refractivity contribution >= 4 is 0 Å². The van der Waals surface area contributed by atoms with Gasteiger partial charge in [-0.25, -0.2) is 0 Å². The lowest BCUT2D eigenvalue weighted by Crippen LogP contribution is -2.21. The summed E-state index contributed by atoms with van der Waals surface area (Å²) in [6.07, 6.45) is 3.02. The molecule has 0 saturated heterocycles. The predicted octanol–water partition coefficient (Wildman–Crippen LogP) is 0.496. The molecule has 4 nitrogen and oxygen atoms in total. The average molecular weight is 204 g/mol. The molecule has 0 amide bonds. The van der Waals surface area contributed by atoms with E-state index in [1.807, 2.05) is 0 Å². The number of ether oxygens (including phenoxy) is 2. The first kappa shape index (κ1) is 13.8. The lowest BCUT2D eigenvalue weighted by Gasteiger charge is -2.15. The molecule has 0 rings (SSSR count). The Morgan fingerprint density at radius 3 is 2.29 bits per heavy atom. The van der Waals surface area contributed by atoms with Crippen LogP contribution in [-0.2, 0) is 9.47 Å². The molecule has 4 N–H and O–H groups in total. The van der Waals surface area contributed by atoms with Gasteiger partial charge in [0.15, 0.2) is 0 Å². The molecule has 0 aliphatic heterocycles. The zero-order chi connectivity index (χ0) is 10.6. The van der Waals surface area contributed by atoms with Crippen molar-refractivity contribution in [3.63, 3.8) is 0 Å². The van der Waals surface area contributed by atoms with Gasteiger partial charge in [0.2, 0.25) is 0 Å². The van der Waals surface area contributed by atoms with E-state index >= 15 is 0 Å². The van der Waals surface area contributed by atoms with Crippen molar-refractivity contribution in [1.29, 1.82) is 0 Å². The molecule has 0 aliphatic carbocycles. The Labute approximate surface area is 86.9 Å². The number of rotatable bonds is 10. The van der Waals surface area contributed by atoms with Gasteiger partial charge in [-0.3, -0.25) is 0 Å². The fourth-order valence-electron chi connectivity index (χ4n) is 1.02. The minimum atomic E-state index is 0.208. The van der Waals surface area contributed by atoms with Crippen LogP contribution in [0.2, 0.25) is 0 Å². The quantitative estimate of drug-likeness (QED) is 0.508. The van der Waals surface area contributed by atoms with Gasteiger partial charge in [0.1, 0.15) is 0 Å². The van der Waals surface area contributed by atoms with E-state index in [2.05, 4.69) is 6.92 Å². The third kappa shape index (κ3) is 8.44. The second-order valence-electron chi connectivity index (χ2n) is 3.26. The molecule has 1 atom stereocenters. The third-order valence-electron chi connectivity index (χ3n) is 1.95. The monoisotopic (exact) mass is 204 g/mol. The highest BCUT2D eigenvalue weighted by molar-refractivity contribution is 4.53. The van der Waals surface area contributed by atoms with Crippen molar-refractivity contribution in [2.45, 2.75) is 32.3 Å². The van der Waals surface area contributed by atoms with Gasteiger partial charge < -0.3 is 20.9 Å². The second kappa shape index (κ2) is 10.9. The minimum Gasteiger partial charge on any atom is -0.379 e.